The molecule has 1 aliphatic rings. The Labute approximate surface area is 122 Å². The second-order valence-corrected chi connectivity index (χ2v) is 6.22. The molecule has 0 atom stereocenters. The predicted molar refractivity (Wildman–Crippen MR) is 80.1 cm³/mol. The molecule has 0 saturated heterocycles. The number of thiophene rings is 1. The Morgan fingerprint density at radius 3 is 2.70 bits per heavy atom. The van der Waals surface area contributed by atoms with Crippen molar-refractivity contribution in [2.45, 2.75) is 45.1 Å². The van der Waals surface area contributed by atoms with E-state index >= 15 is 0 Å². The van der Waals surface area contributed by atoms with Gasteiger partial charge in [-0.15, -0.1) is 11.3 Å². The van der Waals surface area contributed by atoms with Crippen molar-refractivity contribution >= 4 is 29.3 Å². The van der Waals surface area contributed by atoms with E-state index in [2.05, 4.69) is 5.32 Å². The van der Waals surface area contributed by atoms with E-state index in [4.69, 9.17) is 5.11 Å². The maximum Gasteiger partial charge on any atom is 0.328 e. The van der Waals surface area contributed by atoms with Crippen LogP contribution in [0.15, 0.2) is 12.1 Å². The van der Waals surface area contributed by atoms with Gasteiger partial charge in [0.05, 0.1) is 4.88 Å². The van der Waals surface area contributed by atoms with Crippen LogP contribution in [-0.2, 0) is 4.79 Å². The highest BCUT2D eigenvalue weighted by Gasteiger charge is 2.18. The summed E-state index contributed by atoms with van der Waals surface area (Å²) in [4.78, 5) is 24.2. The molecular weight excluding hydrogens is 274 g/mol. The third-order valence-electron chi connectivity index (χ3n) is 3.50. The third kappa shape index (κ3) is 3.93. The van der Waals surface area contributed by atoms with E-state index in [1.165, 1.54) is 30.6 Å². The van der Waals surface area contributed by atoms with Crippen LogP contribution < -0.4 is 5.32 Å². The first-order valence-electron chi connectivity index (χ1n) is 6.88. The lowest BCUT2D eigenvalue weighted by molar-refractivity contribution is -0.131. The number of carbonyl (C=O) groups excluding carboxylic acids is 1. The van der Waals surface area contributed by atoms with E-state index in [0.29, 0.717) is 4.88 Å². The zero-order valence-corrected chi connectivity index (χ0v) is 12.3. The minimum Gasteiger partial charge on any atom is -0.478 e. The molecule has 4 nitrogen and oxygen atoms in total. The standard InChI is InChI=1S/C15H19NO3S/c1-10-9-13(20-12(10)7-8-14(17)18)15(19)16-11-5-3-2-4-6-11/h7-9,11H,2-6H2,1H3,(H,16,19)(H,17,18)/b8-7+. The number of amides is 1. The Balaban J connectivity index is 2.02. The summed E-state index contributed by atoms with van der Waals surface area (Å²) in [7, 11) is 0. The molecule has 2 rings (SSSR count). The quantitative estimate of drug-likeness (QED) is 0.838. The molecule has 108 valence electrons. The molecule has 1 heterocycles. The van der Waals surface area contributed by atoms with Gasteiger partial charge in [0.2, 0.25) is 0 Å². The fourth-order valence-electron chi connectivity index (χ4n) is 2.42. The molecule has 1 fully saturated rings. The number of carboxylic acids is 1. The molecule has 1 aliphatic carbocycles. The largest absolute Gasteiger partial charge is 0.478 e. The van der Waals surface area contributed by atoms with Gasteiger partial charge in [0, 0.05) is 17.0 Å². The lowest BCUT2D eigenvalue weighted by Gasteiger charge is -2.22. The van der Waals surface area contributed by atoms with Crippen LogP contribution in [0.2, 0.25) is 0 Å². The summed E-state index contributed by atoms with van der Waals surface area (Å²) >= 11 is 1.34. The molecule has 1 amide bonds. The maximum atomic E-state index is 12.2. The van der Waals surface area contributed by atoms with E-state index in [1.54, 1.807) is 6.08 Å². The van der Waals surface area contributed by atoms with E-state index in [1.807, 2.05) is 13.0 Å². The lowest BCUT2D eigenvalue weighted by atomic mass is 9.95. The van der Waals surface area contributed by atoms with Crippen LogP contribution in [0.3, 0.4) is 0 Å². The van der Waals surface area contributed by atoms with Gasteiger partial charge >= 0.3 is 5.97 Å². The second kappa shape index (κ2) is 6.70. The minimum atomic E-state index is -0.981. The van der Waals surface area contributed by atoms with Crippen molar-refractivity contribution in [1.29, 1.82) is 0 Å². The summed E-state index contributed by atoms with van der Waals surface area (Å²) < 4.78 is 0. The maximum absolute atomic E-state index is 12.2. The van der Waals surface area contributed by atoms with Crippen LogP contribution in [0, 0.1) is 6.92 Å². The fourth-order valence-corrected chi connectivity index (χ4v) is 3.40. The average Bonchev–Trinajstić information content (AvgIpc) is 2.79. The van der Waals surface area contributed by atoms with Gasteiger partial charge < -0.3 is 10.4 Å². The Bertz CT molecular complexity index is 527. The monoisotopic (exact) mass is 293 g/mol. The number of aryl methyl sites for hydroxylation is 1. The summed E-state index contributed by atoms with van der Waals surface area (Å²) in [6.45, 7) is 1.88. The Kier molecular flexibility index (Phi) is 4.95. The predicted octanol–water partition coefficient (Wildman–Crippen LogP) is 3.22. The summed E-state index contributed by atoms with van der Waals surface area (Å²) in [6.07, 6.45) is 8.38. The van der Waals surface area contributed by atoms with E-state index in [9.17, 15) is 9.59 Å². The van der Waals surface area contributed by atoms with Crippen LogP contribution in [0.5, 0.6) is 0 Å². The van der Waals surface area contributed by atoms with Crippen molar-refractivity contribution in [3.05, 3.63) is 27.5 Å². The molecule has 1 aromatic heterocycles. The molecule has 1 aromatic rings. The van der Waals surface area contributed by atoms with Crippen molar-refractivity contribution in [2.24, 2.45) is 0 Å². The third-order valence-corrected chi connectivity index (χ3v) is 4.70. The van der Waals surface area contributed by atoms with Gasteiger partial charge in [0.25, 0.3) is 5.91 Å². The van der Waals surface area contributed by atoms with Gasteiger partial charge in [-0.3, -0.25) is 4.79 Å². The Morgan fingerprint density at radius 1 is 1.35 bits per heavy atom. The van der Waals surface area contributed by atoms with E-state index in [-0.39, 0.29) is 11.9 Å². The second-order valence-electron chi connectivity index (χ2n) is 5.14. The molecule has 20 heavy (non-hydrogen) atoms. The van der Waals surface area contributed by atoms with Crippen molar-refractivity contribution in [3.8, 4) is 0 Å². The zero-order chi connectivity index (χ0) is 14.5. The molecule has 0 bridgehead atoms. The van der Waals surface area contributed by atoms with Crippen LogP contribution in [0.4, 0.5) is 0 Å². The van der Waals surface area contributed by atoms with Gasteiger partial charge in [0.15, 0.2) is 0 Å². The highest BCUT2D eigenvalue weighted by atomic mass is 32.1. The highest BCUT2D eigenvalue weighted by molar-refractivity contribution is 7.15. The number of carbonyl (C=O) groups is 2. The summed E-state index contributed by atoms with van der Waals surface area (Å²) in [5.41, 5.74) is 0.932. The molecule has 0 aliphatic heterocycles. The number of carboxylic acid groups (broad SMARTS) is 1. The summed E-state index contributed by atoms with van der Waals surface area (Å²) in [5.74, 6) is -1.02. The fraction of sp³-hybridized carbons (Fsp3) is 0.467. The van der Waals surface area contributed by atoms with E-state index in [0.717, 1.165) is 29.4 Å². The topological polar surface area (TPSA) is 66.4 Å². The molecule has 1 saturated carbocycles. The van der Waals surface area contributed by atoms with Gasteiger partial charge in [-0.05, 0) is 37.5 Å². The number of hydrogen-bond donors (Lipinski definition) is 2. The van der Waals surface area contributed by atoms with Crippen LogP contribution in [0.25, 0.3) is 6.08 Å². The normalized spacial score (nSPS) is 16.4. The Morgan fingerprint density at radius 2 is 2.05 bits per heavy atom. The average molecular weight is 293 g/mol. The van der Waals surface area contributed by atoms with Gasteiger partial charge in [-0.2, -0.15) is 0 Å². The van der Waals surface area contributed by atoms with Crippen molar-refractivity contribution in [2.75, 3.05) is 0 Å². The molecular formula is C15H19NO3S. The number of hydrogen-bond acceptors (Lipinski definition) is 3. The molecule has 5 heteroatoms. The highest BCUT2D eigenvalue weighted by Crippen LogP contribution is 2.24. The first-order chi connectivity index (χ1) is 9.56. The summed E-state index contributed by atoms with van der Waals surface area (Å²) in [6, 6.07) is 2.11. The van der Waals surface area contributed by atoms with Crippen LogP contribution in [-0.4, -0.2) is 23.0 Å². The number of rotatable bonds is 4. The van der Waals surface area contributed by atoms with Crippen LogP contribution in [0.1, 0.15) is 52.2 Å². The SMILES string of the molecule is Cc1cc(C(=O)NC2CCCCC2)sc1/C=C/C(=O)O. The van der Waals surface area contributed by atoms with Crippen molar-refractivity contribution in [1.82, 2.24) is 5.32 Å². The van der Waals surface area contributed by atoms with Gasteiger partial charge in [-0.1, -0.05) is 19.3 Å². The number of nitrogens with one attached hydrogen (secondary N) is 1. The molecule has 0 spiro atoms. The van der Waals surface area contributed by atoms with Crippen molar-refractivity contribution < 1.29 is 14.7 Å². The minimum absolute atomic E-state index is 0.0417. The zero-order valence-electron chi connectivity index (χ0n) is 11.5. The molecule has 2 N–H and O–H groups in total. The lowest BCUT2D eigenvalue weighted by Crippen LogP contribution is -2.35. The smallest absolute Gasteiger partial charge is 0.328 e. The summed E-state index contributed by atoms with van der Waals surface area (Å²) in [5, 5.41) is 11.7. The van der Waals surface area contributed by atoms with Gasteiger partial charge in [-0.25, -0.2) is 4.79 Å². The van der Waals surface area contributed by atoms with Gasteiger partial charge in [0.1, 0.15) is 0 Å². The van der Waals surface area contributed by atoms with Crippen molar-refractivity contribution in [3.63, 3.8) is 0 Å². The first kappa shape index (κ1) is 14.8. The van der Waals surface area contributed by atoms with E-state index < -0.39 is 5.97 Å². The van der Waals surface area contributed by atoms with Crippen LogP contribution >= 0.6 is 11.3 Å². The molecule has 0 aromatic carbocycles. The first-order valence-corrected chi connectivity index (χ1v) is 7.70. The molecule has 0 radical (unpaired) electrons. The Hall–Kier alpha value is -1.62. The number of aliphatic carboxylic acids is 1. The molecule has 0 unspecified atom stereocenters.